The predicted octanol–water partition coefficient (Wildman–Crippen LogP) is 2.63. The van der Waals surface area contributed by atoms with Crippen molar-refractivity contribution >= 4 is 29.2 Å². The van der Waals surface area contributed by atoms with Crippen molar-refractivity contribution in [2.24, 2.45) is 0 Å². The van der Waals surface area contributed by atoms with Gasteiger partial charge in [-0.2, -0.15) is 10.1 Å². The third-order valence-electron chi connectivity index (χ3n) is 2.35. The fraction of sp³-hybridized carbons (Fsp3) is 0.300. The SMILES string of the molecule is CNc1ncc(Cl)c(-n2nc(C)c(Cl)c2C)n1. The highest BCUT2D eigenvalue weighted by Crippen LogP contribution is 2.25. The van der Waals surface area contributed by atoms with E-state index < -0.39 is 0 Å². The van der Waals surface area contributed by atoms with Crippen LogP contribution in [0.15, 0.2) is 6.20 Å². The summed E-state index contributed by atoms with van der Waals surface area (Å²) in [5.74, 6) is 0.992. The van der Waals surface area contributed by atoms with Crippen LogP contribution in [0.2, 0.25) is 10.0 Å². The lowest BCUT2D eigenvalue weighted by atomic mass is 10.4. The molecular formula is C10H11Cl2N5. The quantitative estimate of drug-likeness (QED) is 0.913. The van der Waals surface area contributed by atoms with Gasteiger partial charge in [0.05, 0.1) is 22.6 Å². The summed E-state index contributed by atoms with van der Waals surface area (Å²) in [5, 5.41) is 8.19. The van der Waals surface area contributed by atoms with Crippen LogP contribution in [0.5, 0.6) is 0 Å². The molecule has 0 amide bonds. The fourth-order valence-electron chi connectivity index (χ4n) is 1.46. The van der Waals surface area contributed by atoms with Crippen LogP contribution in [-0.2, 0) is 0 Å². The molecule has 0 aliphatic rings. The van der Waals surface area contributed by atoms with Crippen LogP contribution in [0.3, 0.4) is 0 Å². The highest BCUT2D eigenvalue weighted by molar-refractivity contribution is 6.32. The van der Waals surface area contributed by atoms with Gasteiger partial charge in [0.2, 0.25) is 5.95 Å². The van der Waals surface area contributed by atoms with Crippen LogP contribution in [0.25, 0.3) is 5.82 Å². The molecule has 90 valence electrons. The number of hydrogen-bond acceptors (Lipinski definition) is 4. The minimum Gasteiger partial charge on any atom is -0.357 e. The third-order valence-corrected chi connectivity index (χ3v) is 3.17. The van der Waals surface area contributed by atoms with Crippen LogP contribution < -0.4 is 5.32 Å². The summed E-state index contributed by atoms with van der Waals surface area (Å²) >= 11 is 12.2. The van der Waals surface area contributed by atoms with Crippen molar-refractivity contribution in [3.05, 3.63) is 27.6 Å². The first-order chi connectivity index (χ1) is 8.04. The second kappa shape index (κ2) is 4.50. The second-order valence-electron chi connectivity index (χ2n) is 3.51. The zero-order chi connectivity index (χ0) is 12.6. The van der Waals surface area contributed by atoms with Crippen LogP contribution in [0.1, 0.15) is 11.4 Å². The molecule has 0 saturated carbocycles. The van der Waals surface area contributed by atoms with Crippen LogP contribution in [0, 0.1) is 13.8 Å². The van der Waals surface area contributed by atoms with Crippen molar-refractivity contribution in [3.8, 4) is 5.82 Å². The Bertz CT molecular complexity index is 564. The maximum Gasteiger partial charge on any atom is 0.224 e. The van der Waals surface area contributed by atoms with Gasteiger partial charge in [0, 0.05) is 7.05 Å². The normalized spacial score (nSPS) is 10.6. The molecule has 0 atom stereocenters. The van der Waals surface area contributed by atoms with Gasteiger partial charge in [-0.3, -0.25) is 0 Å². The van der Waals surface area contributed by atoms with E-state index in [-0.39, 0.29) is 0 Å². The van der Waals surface area contributed by atoms with Gasteiger partial charge in [-0.05, 0) is 13.8 Å². The molecule has 2 aromatic rings. The van der Waals surface area contributed by atoms with Gasteiger partial charge in [-0.15, -0.1) is 0 Å². The summed E-state index contributed by atoms with van der Waals surface area (Å²) < 4.78 is 1.61. The number of anilines is 1. The van der Waals surface area contributed by atoms with Crippen molar-refractivity contribution in [1.29, 1.82) is 0 Å². The molecule has 0 fully saturated rings. The zero-order valence-corrected chi connectivity index (χ0v) is 11.1. The van der Waals surface area contributed by atoms with Crippen molar-refractivity contribution in [2.75, 3.05) is 12.4 Å². The standard InChI is InChI=1S/C10H11Cl2N5/c1-5-8(12)6(2)17(16-5)9-7(11)4-14-10(13-3)15-9/h4H,1-3H3,(H,13,14,15). The maximum absolute atomic E-state index is 6.09. The number of aryl methyl sites for hydroxylation is 1. The van der Waals surface area contributed by atoms with Crippen molar-refractivity contribution < 1.29 is 0 Å². The molecule has 5 nitrogen and oxygen atoms in total. The molecule has 0 unspecified atom stereocenters. The lowest BCUT2D eigenvalue weighted by molar-refractivity contribution is 0.802. The minimum atomic E-state index is 0.422. The fourth-order valence-corrected chi connectivity index (χ4v) is 1.75. The molecule has 0 bridgehead atoms. The first kappa shape index (κ1) is 12.1. The topological polar surface area (TPSA) is 55.6 Å². The van der Waals surface area contributed by atoms with Crippen molar-refractivity contribution in [1.82, 2.24) is 19.7 Å². The number of hydrogen-bond donors (Lipinski definition) is 1. The Hall–Kier alpha value is -1.33. The van der Waals surface area contributed by atoms with Gasteiger partial charge in [0.15, 0.2) is 5.82 Å². The molecule has 0 aromatic carbocycles. The van der Waals surface area contributed by atoms with Crippen molar-refractivity contribution in [3.63, 3.8) is 0 Å². The number of nitrogens with one attached hydrogen (secondary N) is 1. The molecule has 1 N–H and O–H groups in total. The maximum atomic E-state index is 6.09. The first-order valence-corrected chi connectivity index (χ1v) is 5.72. The number of halogens is 2. The molecule has 0 saturated heterocycles. The monoisotopic (exact) mass is 271 g/mol. The Balaban J connectivity index is 2.63. The van der Waals surface area contributed by atoms with Gasteiger partial charge in [0.1, 0.15) is 5.02 Å². The molecule has 0 spiro atoms. The molecule has 0 aliphatic carbocycles. The van der Waals surface area contributed by atoms with Gasteiger partial charge in [0.25, 0.3) is 0 Å². The summed E-state index contributed by atoms with van der Waals surface area (Å²) in [7, 11) is 1.74. The molecule has 2 aromatic heterocycles. The Morgan fingerprint density at radius 2 is 2.00 bits per heavy atom. The van der Waals surface area contributed by atoms with E-state index in [0.29, 0.717) is 21.8 Å². The highest BCUT2D eigenvalue weighted by atomic mass is 35.5. The minimum absolute atomic E-state index is 0.422. The third kappa shape index (κ3) is 2.08. The lowest BCUT2D eigenvalue weighted by Gasteiger charge is -2.07. The molecule has 17 heavy (non-hydrogen) atoms. The Morgan fingerprint density at radius 1 is 1.29 bits per heavy atom. The summed E-state index contributed by atoms with van der Waals surface area (Å²) in [6.07, 6.45) is 1.53. The summed E-state index contributed by atoms with van der Waals surface area (Å²) in [5.41, 5.74) is 1.54. The highest BCUT2D eigenvalue weighted by Gasteiger charge is 2.15. The number of rotatable bonds is 2. The first-order valence-electron chi connectivity index (χ1n) is 4.97. The van der Waals surface area contributed by atoms with E-state index in [1.54, 1.807) is 11.7 Å². The summed E-state index contributed by atoms with van der Waals surface area (Å²) in [6.45, 7) is 3.69. The van der Waals surface area contributed by atoms with E-state index >= 15 is 0 Å². The van der Waals surface area contributed by atoms with E-state index in [4.69, 9.17) is 23.2 Å². The van der Waals surface area contributed by atoms with Crippen molar-refractivity contribution in [2.45, 2.75) is 13.8 Å². The smallest absolute Gasteiger partial charge is 0.224 e. The van der Waals surface area contributed by atoms with E-state index in [1.165, 1.54) is 6.20 Å². The molecule has 0 radical (unpaired) electrons. The Morgan fingerprint density at radius 3 is 2.53 bits per heavy atom. The Kier molecular flexibility index (Phi) is 3.22. The number of nitrogens with zero attached hydrogens (tertiary/aromatic N) is 4. The largest absolute Gasteiger partial charge is 0.357 e. The molecule has 7 heteroatoms. The summed E-state index contributed by atoms with van der Waals surface area (Å²) in [4.78, 5) is 8.28. The Labute approximate surface area is 109 Å². The van der Waals surface area contributed by atoms with Gasteiger partial charge in [-0.1, -0.05) is 23.2 Å². The van der Waals surface area contributed by atoms with Gasteiger partial charge >= 0.3 is 0 Å². The van der Waals surface area contributed by atoms with E-state index in [2.05, 4.69) is 20.4 Å². The second-order valence-corrected chi connectivity index (χ2v) is 4.30. The van der Waals surface area contributed by atoms with Gasteiger partial charge < -0.3 is 5.32 Å². The average molecular weight is 272 g/mol. The van der Waals surface area contributed by atoms with Gasteiger partial charge in [-0.25, -0.2) is 9.67 Å². The average Bonchev–Trinajstić information content (AvgIpc) is 2.58. The zero-order valence-electron chi connectivity index (χ0n) is 9.62. The summed E-state index contributed by atoms with van der Waals surface area (Å²) in [6, 6.07) is 0. The van der Waals surface area contributed by atoms with E-state index in [9.17, 15) is 0 Å². The molecule has 2 heterocycles. The van der Waals surface area contributed by atoms with E-state index in [1.807, 2.05) is 13.8 Å². The van der Waals surface area contributed by atoms with Crippen LogP contribution in [-0.4, -0.2) is 26.8 Å². The van der Waals surface area contributed by atoms with Crippen LogP contribution >= 0.6 is 23.2 Å². The molecular weight excluding hydrogens is 261 g/mol. The predicted molar refractivity (Wildman–Crippen MR) is 68.2 cm³/mol. The van der Waals surface area contributed by atoms with E-state index in [0.717, 1.165) is 11.4 Å². The lowest BCUT2D eigenvalue weighted by Crippen LogP contribution is -2.06. The number of aromatic nitrogens is 4. The molecule has 2 rings (SSSR count). The molecule has 0 aliphatic heterocycles. The van der Waals surface area contributed by atoms with Crippen LogP contribution in [0.4, 0.5) is 5.95 Å².